The number of aromatic amines is 1. The molecular weight excluding hydrogens is 308 g/mol. The van der Waals surface area contributed by atoms with Crippen LogP contribution in [-0.2, 0) is 12.8 Å². The van der Waals surface area contributed by atoms with Crippen molar-refractivity contribution in [1.82, 2.24) is 9.88 Å². The Balaban J connectivity index is 1.48. The average molecular weight is 341 g/mol. The first-order valence-corrected chi connectivity index (χ1v) is 10.1. The van der Waals surface area contributed by atoms with Crippen LogP contribution in [0.15, 0.2) is 24.4 Å². The van der Waals surface area contributed by atoms with Crippen LogP contribution in [0.25, 0.3) is 10.9 Å². The lowest BCUT2D eigenvalue weighted by molar-refractivity contribution is -0.00341. The maximum atomic E-state index is 10.8. The van der Waals surface area contributed by atoms with Gasteiger partial charge in [-0.25, -0.2) is 0 Å². The molecule has 2 N–H and O–H groups in total. The van der Waals surface area contributed by atoms with Crippen LogP contribution in [0.2, 0.25) is 0 Å². The normalized spacial score (nSPS) is 24.2. The second-order valence-electron chi connectivity index (χ2n) is 8.46. The molecule has 0 bridgehead atoms. The van der Waals surface area contributed by atoms with Gasteiger partial charge in [0.15, 0.2) is 0 Å². The third-order valence-corrected chi connectivity index (χ3v) is 6.62. The summed E-state index contributed by atoms with van der Waals surface area (Å²) in [6.45, 7) is 1.23. The second kappa shape index (κ2) is 7.13. The summed E-state index contributed by atoms with van der Waals surface area (Å²) in [6.07, 6.45) is 13.5. The molecule has 0 unspecified atom stereocenters. The number of benzene rings is 1. The van der Waals surface area contributed by atoms with Crippen molar-refractivity contribution in [3.8, 4) is 0 Å². The van der Waals surface area contributed by atoms with Crippen LogP contribution < -0.4 is 0 Å². The van der Waals surface area contributed by atoms with Gasteiger partial charge in [0.05, 0.1) is 5.60 Å². The van der Waals surface area contributed by atoms with Gasteiger partial charge < -0.3 is 15.0 Å². The monoisotopic (exact) mass is 340 g/mol. The van der Waals surface area contributed by atoms with Crippen molar-refractivity contribution in [3.63, 3.8) is 0 Å². The molecule has 1 aromatic heterocycles. The van der Waals surface area contributed by atoms with Crippen molar-refractivity contribution in [1.29, 1.82) is 0 Å². The molecule has 0 radical (unpaired) electrons. The SMILES string of the molecule is CN1CCC[C@@H]1Cc1c[nH]c2ccc(CCC3(O)CCCCC3)cc12. The molecule has 0 amide bonds. The van der Waals surface area contributed by atoms with Crippen LogP contribution in [0.3, 0.4) is 0 Å². The molecule has 1 aliphatic heterocycles. The number of fused-ring (bicyclic) bond motifs is 1. The van der Waals surface area contributed by atoms with E-state index in [0.717, 1.165) is 32.1 Å². The van der Waals surface area contributed by atoms with Crippen molar-refractivity contribution >= 4 is 10.9 Å². The summed E-state index contributed by atoms with van der Waals surface area (Å²) in [5, 5.41) is 12.2. The van der Waals surface area contributed by atoms with Crippen molar-refractivity contribution in [2.45, 2.75) is 75.9 Å². The van der Waals surface area contributed by atoms with Gasteiger partial charge in [0.25, 0.3) is 0 Å². The van der Waals surface area contributed by atoms with Gasteiger partial charge in [0.1, 0.15) is 0 Å². The summed E-state index contributed by atoms with van der Waals surface area (Å²) in [4.78, 5) is 5.95. The molecule has 2 heterocycles. The summed E-state index contributed by atoms with van der Waals surface area (Å²) in [5.41, 5.74) is 3.65. The molecule has 1 aromatic carbocycles. The molecule has 136 valence electrons. The van der Waals surface area contributed by atoms with Crippen molar-refractivity contribution < 1.29 is 5.11 Å². The van der Waals surface area contributed by atoms with E-state index in [1.54, 1.807) is 0 Å². The zero-order chi connectivity index (χ0) is 17.3. The number of likely N-dealkylation sites (tertiary alicyclic amines) is 1. The minimum Gasteiger partial charge on any atom is -0.390 e. The highest BCUT2D eigenvalue weighted by molar-refractivity contribution is 5.84. The van der Waals surface area contributed by atoms with E-state index in [1.165, 1.54) is 60.7 Å². The predicted octanol–water partition coefficient (Wildman–Crippen LogP) is 4.43. The van der Waals surface area contributed by atoms with E-state index in [0.29, 0.717) is 6.04 Å². The molecule has 25 heavy (non-hydrogen) atoms. The Labute approximate surface area is 151 Å². The minimum absolute atomic E-state index is 0.416. The Bertz CT molecular complexity index is 714. The highest BCUT2D eigenvalue weighted by atomic mass is 16.3. The van der Waals surface area contributed by atoms with Crippen molar-refractivity contribution in [2.24, 2.45) is 0 Å². The lowest BCUT2D eigenvalue weighted by Gasteiger charge is -2.32. The van der Waals surface area contributed by atoms with E-state index in [4.69, 9.17) is 0 Å². The van der Waals surface area contributed by atoms with E-state index in [9.17, 15) is 5.11 Å². The van der Waals surface area contributed by atoms with Crippen LogP contribution in [-0.4, -0.2) is 40.2 Å². The van der Waals surface area contributed by atoms with Gasteiger partial charge in [-0.2, -0.15) is 0 Å². The van der Waals surface area contributed by atoms with Gasteiger partial charge in [0, 0.05) is 23.1 Å². The third-order valence-electron chi connectivity index (χ3n) is 6.62. The number of aliphatic hydroxyl groups is 1. The number of likely N-dealkylation sites (N-methyl/N-ethyl adjacent to an activating group) is 1. The Morgan fingerprint density at radius 1 is 1.20 bits per heavy atom. The van der Waals surface area contributed by atoms with Crippen LogP contribution in [0, 0.1) is 0 Å². The Morgan fingerprint density at radius 2 is 2.04 bits per heavy atom. The average Bonchev–Trinajstić information content (AvgIpc) is 3.21. The number of aryl methyl sites for hydroxylation is 1. The molecule has 1 atom stereocenters. The Hall–Kier alpha value is -1.32. The minimum atomic E-state index is -0.416. The molecule has 0 spiro atoms. The van der Waals surface area contributed by atoms with Crippen LogP contribution in [0.4, 0.5) is 0 Å². The van der Waals surface area contributed by atoms with E-state index in [2.05, 4.69) is 41.3 Å². The van der Waals surface area contributed by atoms with Gasteiger partial charge in [-0.3, -0.25) is 0 Å². The quantitative estimate of drug-likeness (QED) is 0.845. The number of hydrogen-bond acceptors (Lipinski definition) is 2. The molecular formula is C22H32N2O. The van der Waals surface area contributed by atoms with E-state index in [1.807, 2.05) is 0 Å². The number of nitrogens with one attached hydrogen (secondary N) is 1. The lowest BCUT2D eigenvalue weighted by Crippen LogP contribution is -2.31. The van der Waals surface area contributed by atoms with E-state index < -0.39 is 5.60 Å². The van der Waals surface area contributed by atoms with Crippen LogP contribution in [0.1, 0.15) is 62.5 Å². The van der Waals surface area contributed by atoms with Gasteiger partial charge in [-0.15, -0.1) is 0 Å². The van der Waals surface area contributed by atoms with Crippen LogP contribution in [0.5, 0.6) is 0 Å². The molecule has 1 saturated heterocycles. The summed E-state index contributed by atoms with van der Waals surface area (Å²) in [6, 6.07) is 7.50. The molecule has 4 rings (SSSR count). The summed E-state index contributed by atoms with van der Waals surface area (Å²) in [7, 11) is 2.25. The Kier molecular flexibility index (Phi) is 4.88. The first-order valence-electron chi connectivity index (χ1n) is 10.1. The molecule has 2 aromatic rings. The molecule has 2 fully saturated rings. The zero-order valence-corrected chi connectivity index (χ0v) is 15.6. The molecule has 2 aliphatic rings. The predicted molar refractivity (Wildman–Crippen MR) is 104 cm³/mol. The van der Waals surface area contributed by atoms with E-state index >= 15 is 0 Å². The standard InChI is InChI=1S/C22H32N2O/c1-24-13-5-6-19(24)15-18-16-23-21-8-7-17(14-20(18)21)9-12-22(25)10-3-2-4-11-22/h7-8,14,16,19,23,25H,2-6,9-13,15H2,1H3/t19-/m1/s1. The molecule has 1 saturated carbocycles. The smallest absolute Gasteiger partial charge is 0.0651 e. The number of hydrogen-bond donors (Lipinski definition) is 2. The second-order valence-corrected chi connectivity index (χ2v) is 8.46. The topological polar surface area (TPSA) is 39.3 Å². The van der Waals surface area contributed by atoms with Crippen LogP contribution >= 0.6 is 0 Å². The highest BCUT2D eigenvalue weighted by Gasteiger charge is 2.28. The third kappa shape index (κ3) is 3.78. The fourth-order valence-electron chi connectivity index (χ4n) is 4.88. The van der Waals surface area contributed by atoms with Gasteiger partial charge in [-0.05, 0) is 81.8 Å². The molecule has 1 aliphatic carbocycles. The fraction of sp³-hybridized carbons (Fsp3) is 0.636. The van der Waals surface area contributed by atoms with Gasteiger partial charge in [-0.1, -0.05) is 25.3 Å². The number of nitrogens with zero attached hydrogens (tertiary/aromatic N) is 1. The first-order chi connectivity index (χ1) is 12.1. The maximum absolute atomic E-state index is 10.8. The van der Waals surface area contributed by atoms with Crippen molar-refractivity contribution in [2.75, 3.05) is 13.6 Å². The molecule has 3 nitrogen and oxygen atoms in total. The highest BCUT2D eigenvalue weighted by Crippen LogP contribution is 2.32. The summed E-state index contributed by atoms with van der Waals surface area (Å²) < 4.78 is 0. The summed E-state index contributed by atoms with van der Waals surface area (Å²) >= 11 is 0. The van der Waals surface area contributed by atoms with Gasteiger partial charge >= 0.3 is 0 Å². The largest absolute Gasteiger partial charge is 0.390 e. The van der Waals surface area contributed by atoms with Gasteiger partial charge in [0.2, 0.25) is 0 Å². The zero-order valence-electron chi connectivity index (χ0n) is 15.6. The molecule has 3 heteroatoms. The number of H-pyrrole nitrogens is 1. The fourth-order valence-corrected chi connectivity index (χ4v) is 4.88. The maximum Gasteiger partial charge on any atom is 0.0651 e. The summed E-state index contributed by atoms with van der Waals surface area (Å²) in [5.74, 6) is 0. The lowest BCUT2D eigenvalue weighted by atomic mass is 9.81. The number of aromatic nitrogens is 1. The van der Waals surface area contributed by atoms with Crippen molar-refractivity contribution in [3.05, 3.63) is 35.5 Å². The number of rotatable bonds is 5. The van der Waals surface area contributed by atoms with E-state index in [-0.39, 0.29) is 0 Å². The first kappa shape index (κ1) is 17.1. The Morgan fingerprint density at radius 3 is 2.80 bits per heavy atom.